The van der Waals surface area contributed by atoms with Crippen LogP contribution in [0.2, 0.25) is 0 Å². The highest BCUT2D eigenvalue weighted by Gasteiger charge is 2.23. The van der Waals surface area contributed by atoms with Crippen LogP contribution in [0.4, 0.5) is 0 Å². The van der Waals surface area contributed by atoms with Crippen molar-refractivity contribution in [2.45, 2.75) is 85.6 Å². The minimum Gasteiger partial charge on any atom is -0.312 e. The molecule has 1 atom stereocenters. The Balaban J connectivity index is 3.91. The van der Waals surface area contributed by atoms with Gasteiger partial charge in [0.15, 0.2) is 0 Å². The van der Waals surface area contributed by atoms with Crippen molar-refractivity contribution in [2.75, 3.05) is 6.54 Å². The van der Waals surface area contributed by atoms with Crippen LogP contribution < -0.4 is 5.32 Å². The molecule has 0 spiro atoms. The van der Waals surface area contributed by atoms with Crippen molar-refractivity contribution in [2.24, 2.45) is 5.41 Å². The fourth-order valence-electron chi connectivity index (χ4n) is 1.85. The molecule has 0 amide bonds. The second-order valence-corrected chi connectivity index (χ2v) is 6.58. The molecule has 0 aliphatic carbocycles. The Bertz CT molecular complexity index is 169. The molecule has 1 N–H and O–H groups in total. The number of nitrogens with one attached hydrogen (secondary N) is 1. The molecule has 0 bridgehead atoms. The predicted octanol–water partition coefficient (Wildman–Crippen LogP) is 4.76. The van der Waals surface area contributed by atoms with Crippen molar-refractivity contribution in [3.63, 3.8) is 0 Å². The maximum absolute atomic E-state index is 3.65. The quantitative estimate of drug-likeness (QED) is 0.589. The minimum absolute atomic E-state index is 0.250. The SMILES string of the molecule is CCCCCCC(C)(CC)CNC(C)(C)C. The molecule has 0 radical (unpaired) electrons. The summed E-state index contributed by atoms with van der Waals surface area (Å²) in [6.07, 6.45) is 8.18. The Morgan fingerprint density at radius 2 is 1.50 bits per heavy atom. The van der Waals surface area contributed by atoms with Gasteiger partial charge < -0.3 is 5.32 Å². The Kier molecular flexibility index (Phi) is 7.30. The van der Waals surface area contributed by atoms with Crippen LogP contribution in [0.5, 0.6) is 0 Å². The van der Waals surface area contributed by atoms with Crippen molar-refractivity contribution in [1.29, 1.82) is 0 Å². The van der Waals surface area contributed by atoms with Gasteiger partial charge in [-0.2, -0.15) is 0 Å². The normalized spacial score (nSPS) is 16.1. The van der Waals surface area contributed by atoms with E-state index in [-0.39, 0.29) is 5.54 Å². The van der Waals surface area contributed by atoms with Crippen LogP contribution in [0.1, 0.15) is 80.1 Å². The first-order valence-electron chi connectivity index (χ1n) is 7.08. The van der Waals surface area contributed by atoms with E-state index < -0.39 is 0 Å². The molecule has 0 fully saturated rings. The largest absolute Gasteiger partial charge is 0.312 e. The highest BCUT2D eigenvalue weighted by molar-refractivity contribution is 4.80. The summed E-state index contributed by atoms with van der Waals surface area (Å²) in [5.41, 5.74) is 0.737. The fraction of sp³-hybridized carbons (Fsp3) is 1.00. The Morgan fingerprint density at radius 3 is 1.94 bits per heavy atom. The van der Waals surface area contributed by atoms with Gasteiger partial charge in [-0.25, -0.2) is 0 Å². The lowest BCUT2D eigenvalue weighted by atomic mass is 9.81. The van der Waals surface area contributed by atoms with E-state index in [0.717, 1.165) is 6.54 Å². The second-order valence-electron chi connectivity index (χ2n) is 6.58. The lowest BCUT2D eigenvalue weighted by molar-refractivity contribution is 0.232. The Hall–Kier alpha value is -0.0400. The van der Waals surface area contributed by atoms with Crippen molar-refractivity contribution in [3.05, 3.63) is 0 Å². The lowest BCUT2D eigenvalue weighted by Crippen LogP contribution is -2.42. The summed E-state index contributed by atoms with van der Waals surface area (Å²) >= 11 is 0. The summed E-state index contributed by atoms with van der Waals surface area (Å²) in [5, 5.41) is 3.65. The average molecular weight is 227 g/mol. The van der Waals surface area contributed by atoms with Gasteiger partial charge in [-0.05, 0) is 39.0 Å². The highest BCUT2D eigenvalue weighted by atomic mass is 15.0. The maximum atomic E-state index is 3.65. The summed E-state index contributed by atoms with van der Waals surface area (Å²) in [6, 6.07) is 0. The number of hydrogen-bond acceptors (Lipinski definition) is 1. The van der Waals surface area contributed by atoms with E-state index in [9.17, 15) is 0 Å². The summed E-state index contributed by atoms with van der Waals surface area (Å²) in [5.74, 6) is 0. The van der Waals surface area contributed by atoms with Gasteiger partial charge in [0.2, 0.25) is 0 Å². The predicted molar refractivity (Wildman–Crippen MR) is 74.9 cm³/mol. The fourth-order valence-corrected chi connectivity index (χ4v) is 1.85. The monoisotopic (exact) mass is 227 g/mol. The number of rotatable bonds is 8. The maximum Gasteiger partial charge on any atom is 0.00967 e. The van der Waals surface area contributed by atoms with Gasteiger partial charge in [-0.15, -0.1) is 0 Å². The topological polar surface area (TPSA) is 12.0 Å². The number of unbranched alkanes of at least 4 members (excludes halogenated alkanes) is 3. The van der Waals surface area contributed by atoms with E-state index in [2.05, 4.69) is 46.9 Å². The van der Waals surface area contributed by atoms with Gasteiger partial charge >= 0.3 is 0 Å². The van der Waals surface area contributed by atoms with Gasteiger partial charge in [0, 0.05) is 12.1 Å². The molecule has 1 unspecified atom stereocenters. The van der Waals surface area contributed by atoms with Crippen molar-refractivity contribution in [3.8, 4) is 0 Å². The van der Waals surface area contributed by atoms with E-state index in [4.69, 9.17) is 0 Å². The first-order chi connectivity index (χ1) is 7.33. The summed E-state index contributed by atoms with van der Waals surface area (Å²) in [4.78, 5) is 0. The van der Waals surface area contributed by atoms with Gasteiger partial charge in [0.25, 0.3) is 0 Å². The van der Waals surface area contributed by atoms with E-state index in [1.165, 1.54) is 38.5 Å². The highest BCUT2D eigenvalue weighted by Crippen LogP contribution is 2.28. The van der Waals surface area contributed by atoms with Gasteiger partial charge in [-0.1, -0.05) is 46.5 Å². The summed E-state index contributed by atoms with van der Waals surface area (Å²) in [7, 11) is 0. The first-order valence-corrected chi connectivity index (χ1v) is 7.08. The first kappa shape index (κ1) is 16.0. The Labute approximate surface area is 103 Å². The lowest BCUT2D eigenvalue weighted by Gasteiger charge is -2.33. The molecule has 98 valence electrons. The smallest absolute Gasteiger partial charge is 0.00967 e. The van der Waals surface area contributed by atoms with Gasteiger partial charge in [0.1, 0.15) is 0 Å². The summed E-state index contributed by atoms with van der Waals surface area (Å²) < 4.78 is 0. The molecule has 1 nitrogen and oxygen atoms in total. The summed E-state index contributed by atoms with van der Waals surface area (Å²) in [6.45, 7) is 14.9. The van der Waals surface area contributed by atoms with E-state index >= 15 is 0 Å². The average Bonchev–Trinajstić information content (AvgIpc) is 2.21. The van der Waals surface area contributed by atoms with Crippen LogP contribution in [0.15, 0.2) is 0 Å². The van der Waals surface area contributed by atoms with Crippen molar-refractivity contribution < 1.29 is 0 Å². The van der Waals surface area contributed by atoms with Gasteiger partial charge in [-0.3, -0.25) is 0 Å². The molecule has 0 aliphatic rings. The third-order valence-electron chi connectivity index (χ3n) is 3.53. The zero-order valence-electron chi connectivity index (χ0n) is 12.4. The molecule has 0 aromatic heterocycles. The molecule has 16 heavy (non-hydrogen) atoms. The van der Waals surface area contributed by atoms with E-state index in [1.807, 2.05) is 0 Å². The zero-order valence-corrected chi connectivity index (χ0v) is 12.4. The molecule has 1 heteroatoms. The second kappa shape index (κ2) is 7.32. The van der Waals surface area contributed by atoms with Crippen LogP contribution >= 0.6 is 0 Å². The molecule has 0 rings (SSSR count). The standard InChI is InChI=1S/C15H33N/c1-7-9-10-11-12-15(6,8-2)13-16-14(3,4)5/h16H,7-13H2,1-6H3. The molecular weight excluding hydrogens is 194 g/mol. The molecular formula is C15H33N. The van der Waals surface area contributed by atoms with Crippen LogP contribution in [-0.2, 0) is 0 Å². The molecule has 0 saturated heterocycles. The van der Waals surface area contributed by atoms with E-state index in [0.29, 0.717) is 5.41 Å². The Morgan fingerprint density at radius 1 is 0.875 bits per heavy atom. The van der Waals surface area contributed by atoms with Crippen LogP contribution in [0.25, 0.3) is 0 Å². The van der Waals surface area contributed by atoms with Gasteiger partial charge in [0.05, 0.1) is 0 Å². The number of hydrogen-bond donors (Lipinski definition) is 1. The zero-order chi connectivity index (χ0) is 12.7. The van der Waals surface area contributed by atoms with Crippen LogP contribution in [0.3, 0.4) is 0 Å². The van der Waals surface area contributed by atoms with Crippen molar-refractivity contribution in [1.82, 2.24) is 5.32 Å². The minimum atomic E-state index is 0.250. The molecule has 0 aromatic carbocycles. The molecule has 0 aliphatic heterocycles. The van der Waals surface area contributed by atoms with Crippen LogP contribution in [-0.4, -0.2) is 12.1 Å². The third kappa shape index (κ3) is 8.15. The molecule has 0 aromatic rings. The third-order valence-corrected chi connectivity index (χ3v) is 3.53. The molecule has 0 saturated carbocycles. The van der Waals surface area contributed by atoms with E-state index in [1.54, 1.807) is 0 Å². The van der Waals surface area contributed by atoms with Crippen LogP contribution in [0, 0.1) is 5.41 Å². The van der Waals surface area contributed by atoms with Crippen molar-refractivity contribution >= 4 is 0 Å². The molecule has 0 heterocycles.